The van der Waals surface area contributed by atoms with Crippen LogP contribution in [0.25, 0.3) is 11.1 Å². The Morgan fingerprint density at radius 2 is 1.00 bits per heavy atom. The van der Waals surface area contributed by atoms with E-state index in [1.54, 1.807) is 5.56 Å². The van der Waals surface area contributed by atoms with E-state index in [-0.39, 0.29) is 16.5 Å². The fraction of sp³-hybridized carbons (Fsp3) is 0.625. The van der Waals surface area contributed by atoms with Gasteiger partial charge in [-0.15, -0.1) is 0 Å². The summed E-state index contributed by atoms with van der Waals surface area (Å²) >= 11 is 0. The number of hydrogen-bond acceptors (Lipinski definition) is 4. The number of phenolic OH excluding ortho intramolecular Hbond substituents is 1. The third-order valence-electron chi connectivity index (χ3n) is 21.7. The van der Waals surface area contributed by atoms with Gasteiger partial charge in [-0.2, -0.15) is 0 Å². The number of rotatable bonds is 14. The Balaban J connectivity index is 0.623. The van der Waals surface area contributed by atoms with Crippen molar-refractivity contribution in [3.8, 4) is 16.9 Å². The number of phenols is 1. The van der Waals surface area contributed by atoms with Crippen LogP contribution >= 0.6 is 0 Å². The SMILES string of the molecule is Cc1ccc(CNC23CC4CC(C2)C(CC(C)(C)c2ccc(C(C)NC56CC7CC(C5)C(c5ccc(-c8ccc(C(C)NC9%10CC%11CC(CC(C%11)C9)C%10)cc8)cc5)C(C7)C6)cc2)C(C4)C3)c(O)c1. The molecule has 12 bridgehead atoms. The lowest BCUT2D eigenvalue weighted by Gasteiger charge is -2.61. The summed E-state index contributed by atoms with van der Waals surface area (Å²) in [4.78, 5) is 0. The predicted molar refractivity (Wildman–Crippen MR) is 278 cm³/mol. The molecule has 12 aliphatic rings. The van der Waals surface area contributed by atoms with Crippen molar-refractivity contribution in [1.29, 1.82) is 0 Å². The van der Waals surface area contributed by atoms with Gasteiger partial charge in [-0.25, -0.2) is 0 Å². The van der Waals surface area contributed by atoms with Crippen LogP contribution in [0.2, 0.25) is 0 Å². The Morgan fingerprint density at radius 3 is 1.54 bits per heavy atom. The molecule has 0 radical (unpaired) electrons. The van der Waals surface area contributed by atoms with Crippen LogP contribution in [0.1, 0.15) is 188 Å². The van der Waals surface area contributed by atoms with Crippen LogP contribution in [0.15, 0.2) is 91.0 Å². The Bertz CT molecular complexity index is 2420. The lowest BCUT2D eigenvalue weighted by Crippen LogP contribution is -2.61. The van der Waals surface area contributed by atoms with Crippen molar-refractivity contribution in [1.82, 2.24) is 16.0 Å². The van der Waals surface area contributed by atoms with Crippen LogP contribution in [0.3, 0.4) is 0 Å². The summed E-state index contributed by atoms with van der Waals surface area (Å²) in [6.07, 6.45) is 23.7. The molecule has 4 aromatic carbocycles. The van der Waals surface area contributed by atoms with Crippen molar-refractivity contribution in [2.24, 2.45) is 59.2 Å². The summed E-state index contributed by atoms with van der Waals surface area (Å²) in [5.41, 5.74) is 12.0. The van der Waals surface area contributed by atoms with Gasteiger partial charge in [-0.3, -0.25) is 0 Å². The number of hydrogen-bond donors (Lipinski definition) is 4. The third kappa shape index (κ3) is 8.05. The highest BCUT2D eigenvalue weighted by atomic mass is 16.3. The molecule has 0 saturated heterocycles. The Hall–Kier alpha value is -3.44. The zero-order valence-corrected chi connectivity index (χ0v) is 42.3. The maximum atomic E-state index is 10.6. The molecule has 0 aromatic heterocycles. The molecule has 0 heterocycles. The molecule has 12 aliphatic carbocycles. The van der Waals surface area contributed by atoms with E-state index in [0.29, 0.717) is 29.3 Å². The van der Waals surface area contributed by atoms with Gasteiger partial charge in [0.1, 0.15) is 5.75 Å². The van der Waals surface area contributed by atoms with E-state index >= 15 is 0 Å². The van der Waals surface area contributed by atoms with Crippen molar-refractivity contribution in [2.45, 2.75) is 190 Å². The molecule has 68 heavy (non-hydrogen) atoms. The molecule has 360 valence electrons. The molecule has 12 saturated carbocycles. The maximum absolute atomic E-state index is 10.6. The average Bonchev–Trinajstić information content (AvgIpc) is 3.29. The first-order chi connectivity index (χ1) is 32.7. The van der Waals surface area contributed by atoms with Crippen molar-refractivity contribution in [3.05, 3.63) is 124 Å². The molecule has 4 nitrogen and oxygen atoms in total. The minimum Gasteiger partial charge on any atom is -0.508 e. The molecule has 16 rings (SSSR count). The number of nitrogens with one attached hydrogen (secondary N) is 3. The van der Waals surface area contributed by atoms with E-state index < -0.39 is 0 Å². The fourth-order valence-electron chi connectivity index (χ4n) is 19.7. The zero-order valence-electron chi connectivity index (χ0n) is 42.3. The number of aryl methyl sites for hydroxylation is 1. The largest absolute Gasteiger partial charge is 0.508 e. The summed E-state index contributed by atoms with van der Waals surface area (Å²) in [5, 5.41) is 23.3. The summed E-state index contributed by atoms with van der Waals surface area (Å²) < 4.78 is 0. The summed E-state index contributed by atoms with van der Waals surface area (Å²) in [6, 6.07) is 36.3. The third-order valence-corrected chi connectivity index (χ3v) is 21.7. The molecule has 0 aliphatic heterocycles. The molecular weight excluding hydrogens is 827 g/mol. The second kappa shape index (κ2) is 16.6. The first-order valence-electron chi connectivity index (χ1n) is 28.1. The van der Waals surface area contributed by atoms with Crippen LogP contribution in [-0.4, -0.2) is 21.7 Å². The van der Waals surface area contributed by atoms with Crippen molar-refractivity contribution in [3.63, 3.8) is 0 Å². The van der Waals surface area contributed by atoms with Crippen LogP contribution in [-0.2, 0) is 12.0 Å². The Morgan fingerprint density at radius 1 is 0.544 bits per heavy atom. The van der Waals surface area contributed by atoms with E-state index in [9.17, 15) is 5.11 Å². The standard InChI is InChI=1S/C64H83N3O/c1-39-6-7-52(59(68)20-39)38-65-62-28-45-24-53(33-62)58(54(25-45)34-62)37-61(4,5)57-18-16-48(17-19-57)41(3)67-64-32-46-26-55(35-64)60(56(27-46)36-64)51-14-12-50(13-15-51)49-10-8-47(9-11-49)40(2)66-63-29-42-21-43(30-63)23-44(22-42)31-63/h6-20,40-46,53-56,58,60,65-68H,21-38H2,1-5H3. The van der Waals surface area contributed by atoms with Gasteiger partial charge in [0.2, 0.25) is 0 Å². The van der Waals surface area contributed by atoms with Gasteiger partial charge in [0, 0.05) is 40.8 Å². The van der Waals surface area contributed by atoms with Crippen molar-refractivity contribution in [2.75, 3.05) is 0 Å². The van der Waals surface area contributed by atoms with E-state index in [0.717, 1.165) is 76.9 Å². The van der Waals surface area contributed by atoms with Crippen molar-refractivity contribution >= 4 is 0 Å². The zero-order chi connectivity index (χ0) is 46.2. The van der Waals surface area contributed by atoms with Crippen LogP contribution < -0.4 is 16.0 Å². The van der Waals surface area contributed by atoms with E-state index in [1.807, 2.05) is 6.07 Å². The summed E-state index contributed by atoms with van der Waals surface area (Å²) in [6.45, 7) is 12.7. The normalized spacial score (nSPS) is 39.2. The Kier molecular flexibility index (Phi) is 10.8. The van der Waals surface area contributed by atoms with Gasteiger partial charge in [-0.1, -0.05) is 98.8 Å². The monoisotopic (exact) mass is 910 g/mol. The molecule has 12 fully saturated rings. The number of benzene rings is 4. The van der Waals surface area contributed by atoms with Gasteiger partial charge in [-0.05, 0) is 245 Å². The smallest absolute Gasteiger partial charge is 0.120 e. The minimum absolute atomic E-state index is 0.158. The molecule has 0 spiro atoms. The molecule has 4 aromatic rings. The number of aromatic hydroxyl groups is 1. The first-order valence-corrected chi connectivity index (χ1v) is 28.1. The highest BCUT2D eigenvalue weighted by Gasteiger charge is 2.57. The van der Waals surface area contributed by atoms with Crippen LogP contribution in [0.5, 0.6) is 5.75 Å². The second-order valence-electron chi connectivity index (χ2n) is 27.1. The summed E-state index contributed by atoms with van der Waals surface area (Å²) in [5.74, 6) is 9.85. The molecular formula is C64H83N3O. The van der Waals surface area contributed by atoms with Crippen LogP contribution in [0.4, 0.5) is 0 Å². The van der Waals surface area contributed by atoms with Gasteiger partial charge in [0.05, 0.1) is 0 Å². The second-order valence-corrected chi connectivity index (χ2v) is 27.1. The van der Waals surface area contributed by atoms with Gasteiger partial charge in [0.15, 0.2) is 0 Å². The molecule has 4 N–H and O–H groups in total. The van der Waals surface area contributed by atoms with E-state index in [4.69, 9.17) is 0 Å². The van der Waals surface area contributed by atoms with Gasteiger partial charge < -0.3 is 21.1 Å². The van der Waals surface area contributed by atoms with E-state index in [2.05, 4.69) is 135 Å². The van der Waals surface area contributed by atoms with Crippen LogP contribution in [0, 0.1) is 66.1 Å². The highest BCUT2D eigenvalue weighted by molar-refractivity contribution is 5.64. The molecule has 6 unspecified atom stereocenters. The minimum atomic E-state index is 0.158. The molecule has 0 amide bonds. The molecule has 6 atom stereocenters. The molecule has 4 heteroatoms. The maximum Gasteiger partial charge on any atom is 0.120 e. The summed E-state index contributed by atoms with van der Waals surface area (Å²) in [7, 11) is 0. The lowest BCUT2D eigenvalue weighted by atomic mass is 9.47. The highest BCUT2D eigenvalue weighted by Crippen LogP contribution is 2.63. The Labute approximate surface area is 410 Å². The lowest BCUT2D eigenvalue weighted by molar-refractivity contribution is -0.0753. The van der Waals surface area contributed by atoms with Crippen molar-refractivity contribution < 1.29 is 5.11 Å². The van der Waals surface area contributed by atoms with Gasteiger partial charge in [0.25, 0.3) is 0 Å². The van der Waals surface area contributed by atoms with E-state index in [1.165, 1.54) is 137 Å². The predicted octanol–water partition coefficient (Wildman–Crippen LogP) is 14.7. The fourth-order valence-corrected chi connectivity index (χ4v) is 19.7. The average molecular weight is 910 g/mol. The topological polar surface area (TPSA) is 56.3 Å². The van der Waals surface area contributed by atoms with Gasteiger partial charge >= 0.3 is 0 Å². The quantitative estimate of drug-likeness (QED) is 0.102. The first kappa shape index (κ1) is 44.5.